The lowest BCUT2D eigenvalue weighted by molar-refractivity contribution is 0.737. The molecule has 0 aliphatic heterocycles. The maximum absolute atomic E-state index is 3.60. The first-order valence-electron chi connectivity index (χ1n) is 4.41. The van der Waals surface area contributed by atoms with Gasteiger partial charge in [0.1, 0.15) is 0 Å². The van der Waals surface area contributed by atoms with Gasteiger partial charge in [-0.3, -0.25) is 0 Å². The summed E-state index contributed by atoms with van der Waals surface area (Å²) in [5.41, 5.74) is 1.39. The van der Waals surface area contributed by atoms with Gasteiger partial charge in [-0.1, -0.05) is 36.5 Å². The molecule has 0 atom stereocenters. The molecular weight excluding hydrogens is 146 g/mol. The monoisotopic (exact) mass is 165 g/mol. The van der Waals surface area contributed by atoms with E-state index < -0.39 is 0 Å². The Bertz CT molecular complexity index is 166. The number of nitrogens with one attached hydrogen (secondary N) is 1. The van der Waals surface area contributed by atoms with Crippen LogP contribution in [0.1, 0.15) is 20.3 Å². The summed E-state index contributed by atoms with van der Waals surface area (Å²) in [7, 11) is 0. The summed E-state index contributed by atoms with van der Waals surface area (Å²) < 4.78 is 0. The second-order valence-electron chi connectivity index (χ2n) is 2.76. The Hall–Kier alpha value is -0.820. The zero-order valence-corrected chi connectivity index (χ0v) is 8.14. The van der Waals surface area contributed by atoms with Gasteiger partial charge in [0.05, 0.1) is 0 Å². The van der Waals surface area contributed by atoms with Crippen molar-refractivity contribution in [2.75, 3.05) is 13.1 Å². The van der Waals surface area contributed by atoms with Crippen LogP contribution in [0.4, 0.5) is 0 Å². The lowest BCUT2D eigenvalue weighted by Crippen LogP contribution is -2.16. The molecule has 0 bridgehead atoms. The fourth-order valence-electron chi connectivity index (χ4n) is 0.765. The van der Waals surface area contributed by atoms with Crippen LogP contribution < -0.4 is 5.32 Å². The Kier molecular flexibility index (Phi) is 7.71. The van der Waals surface area contributed by atoms with E-state index in [9.17, 15) is 0 Å². The highest BCUT2D eigenvalue weighted by Gasteiger charge is 1.85. The molecule has 0 unspecified atom stereocenters. The van der Waals surface area contributed by atoms with Gasteiger partial charge in [-0.05, 0) is 26.8 Å². The molecule has 0 aliphatic rings. The van der Waals surface area contributed by atoms with Crippen molar-refractivity contribution in [1.29, 1.82) is 0 Å². The second kappa shape index (κ2) is 8.28. The van der Waals surface area contributed by atoms with Crippen LogP contribution in [0.25, 0.3) is 0 Å². The molecule has 0 aromatic heterocycles. The number of rotatable bonds is 6. The molecule has 0 heterocycles. The normalized spacial score (nSPS) is 12.3. The highest BCUT2D eigenvalue weighted by molar-refractivity contribution is 4.99. The van der Waals surface area contributed by atoms with Crippen LogP contribution >= 0.6 is 0 Å². The Morgan fingerprint density at radius 1 is 1.50 bits per heavy atom. The third-order valence-corrected chi connectivity index (χ3v) is 1.66. The zero-order chi connectivity index (χ0) is 9.23. The van der Waals surface area contributed by atoms with Crippen LogP contribution in [-0.4, -0.2) is 13.1 Å². The summed E-state index contributed by atoms with van der Waals surface area (Å²) in [6, 6.07) is 0. The van der Waals surface area contributed by atoms with Gasteiger partial charge in [-0.2, -0.15) is 0 Å². The van der Waals surface area contributed by atoms with Crippen molar-refractivity contribution in [2.24, 2.45) is 0 Å². The Morgan fingerprint density at radius 2 is 2.25 bits per heavy atom. The molecule has 0 radical (unpaired) electrons. The predicted molar refractivity (Wildman–Crippen MR) is 56.3 cm³/mol. The van der Waals surface area contributed by atoms with Crippen LogP contribution in [-0.2, 0) is 0 Å². The standard InChI is InChI=1S/C11H19N/c1-4-6-7-8-9-12-10-11(3)5-2/h4-7,12H,1,8-10H2,2-3H3. The molecule has 1 nitrogen and oxygen atoms in total. The maximum Gasteiger partial charge on any atom is 0.0161 e. The molecule has 0 saturated carbocycles. The van der Waals surface area contributed by atoms with Gasteiger partial charge in [0.25, 0.3) is 0 Å². The van der Waals surface area contributed by atoms with Crippen molar-refractivity contribution in [2.45, 2.75) is 20.3 Å². The highest BCUT2D eigenvalue weighted by Crippen LogP contribution is 1.88. The fourth-order valence-corrected chi connectivity index (χ4v) is 0.765. The molecule has 0 saturated heterocycles. The Morgan fingerprint density at radius 3 is 2.83 bits per heavy atom. The quantitative estimate of drug-likeness (QED) is 0.362. The molecule has 1 heteroatoms. The van der Waals surface area contributed by atoms with Crippen LogP contribution in [0.2, 0.25) is 0 Å². The summed E-state index contributed by atoms with van der Waals surface area (Å²) in [4.78, 5) is 0. The molecule has 0 fully saturated rings. The molecule has 1 N–H and O–H groups in total. The number of hydrogen-bond acceptors (Lipinski definition) is 1. The summed E-state index contributed by atoms with van der Waals surface area (Å²) in [5, 5.41) is 3.34. The summed E-state index contributed by atoms with van der Waals surface area (Å²) >= 11 is 0. The van der Waals surface area contributed by atoms with Crippen molar-refractivity contribution in [3.8, 4) is 0 Å². The lowest BCUT2D eigenvalue weighted by Gasteiger charge is -2.01. The average molecular weight is 165 g/mol. The van der Waals surface area contributed by atoms with Crippen molar-refractivity contribution in [3.63, 3.8) is 0 Å². The largest absolute Gasteiger partial charge is 0.313 e. The van der Waals surface area contributed by atoms with E-state index in [0.29, 0.717) is 0 Å². The molecule has 0 amide bonds. The molecular formula is C11H19N. The smallest absolute Gasteiger partial charge is 0.0161 e. The van der Waals surface area contributed by atoms with Crippen LogP contribution in [0.15, 0.2) is 36.5 Å². The molecule has 0 rings (SSSR count). The minimum atomic E-state index is 0.998. The molecule has 0 aromatic rings. The third kappa shape index (κ3) is 7.29. The van der Waals surface area contributed by atoms with Gasteiger partial charge in [0.2, 0.25) is 0 Å². The van der Waals surface area contributed by atoms with E-state index in [1.165, 1.54) is 5.57 Å². The number of hydrogen-bond donors (Lipinski definition) is 1. The van der Waals surface area contributed by atoms with Crippen molar-refractivity contribution < 1.29 is 0 Å². The van der Waals surface area contributed by atoms with E-state index in [1.54, 1.807) is 6.08 Å². The van der Waals surface area contributed by atoms with Crippen LogP contribution in [0.3, 0.4) is 0 Å². The first kappa shape index (κ1) is 11.2. The lowest BCUT2D eigenvalue weighted by atomic mass is 10.3. The summed E-state index contributed by atoms with van der Waals surface area (Å²) in [5.74, 6) is 0. The van der Waals surface area contributed by atoms with E-state index in [-0.39, 0.29) is 0 Å². The Balaban J connectivity index is 3.21. The van der Waals surface area contributed by atoms with Crippen molar-refractivity contribution in [3.05, 3.63) is 36.5 Å². The fraction of sp³-hybridized carbons (Fsp3) is 0.455. The van der Waals surface area contributed by atoms with Gasteiger partial charge in [-0.15, -0.1) is 0 Å². The maximum atomic E-state index is 3.60. The molecule has 0 aliphatic carbocycles. The van der Waals surface area contributed by atoms with Gasteiger partial charge < -0.3 is 5.32 Å². The Labute approximate surface area is 75.9 Å². The topological polar surface area (TPSA) is 12.0 Å². The van der Waals surface area contributed by atoms with Crippen LogP contribution in [0.5, 0.6) is 0 Å². The number of allylic oxidation sites excluding steroid dienone is 3. The van der Waals surface area contributed by atoms with E-state index >= 15 is 0 Å². The van der Waals surface area contributed by atoms with Crippen molar-refractivity contribution >= 4 is 0 Å². The van der Waals surface area contributed by atoms with E-state index in [4.69, 9.17) is 0 Å². The third-order valence-electron chi connectivity index (χ3n) is 1.66. The molecule has 0 spiro atoms. The molecule has 0 aromatic carbocycles. The SMILES string of the molecule is C=CC=CCCNCC(C)=CC. The van der Waals surface area contributed by atoms with E-state index in [2.05, 4.69) is 37.9 Å². The van der Waals surface area contributed by atoms with Crippen LogP contribution in [0, 0.1) is 0 Å². The molecule has 68 valence electrons. The van der Waals surface area contributed by atoms with Gasteiger partial charge in [0.15, 0.2) is 0 Å². The predicted octanol–water partition coefficient (Wildman–Crippen LogP) is 2.67. The first-order valence-corrected chi connectivity index (χ1v) is 4.41. The van der Waals surface area contributed by atoms with E-state index in [0.717, 1.165) is 19.5 Å². The minimum Gasteiger partial charge on any atom is -0.313 e. The average Bonchev–Trinajstić information content (AvgIpc) is 2.10. The summed E-state index contributed by atoms with van der Waals surface area (Å²) in [6.45, 7) is 9.83. The van der Waals surface area contributed by atoms with Gasteiger partial charge >= 0.3 is 0 Å². The zero-order valence-electron chi connectivity index (χ0n) is 8.14. The van der Waals surface area contributed by atoms with Gasteiger partial charge in [0, 0.05) is 6.54 Å². The summed E-state index contributed by atoms with van der Waals surface area (Å²) in [6.07, 6.45) is 9.10. The highest BCUT2D eigenvalue weighted by atomic mass is 14.8. The van der Waals surface area contributed by atoms with Gasteiger partial charge in [-0.25, -0.2) is 0 Å². The first-order chi connectivity index (χ1) is 5.81. The second-order valence-corrected chi connectivity index (χ2v) is 2.76. The minimum absolute atomic E-state index is 0.998. The van der Waals surface area contributed by atoms with Crippen molar-refractivity contribution in [1.82, 2.24) is 5.32 Å². The van der Waals surface area contributed by atoms with E-state index in [1.807, 2.05) is 6.08 Å². The molecule has 12 heavy (non-hydrogen) atoms.